The quantitative estimate of drug-likeness (QED) is 0.648. The SMILES string of the molecule is CNCC(C)C(=O)Nc1ccc(NC(=O)CCN(C)C)cc1.Cl.Cl. The van der Waals surface area contributed by atoms with E-state index in [1.807, 2.05) is 33.0 Å². The lowest BCUT2D eigenvalue weighted by atomic mass is 10.1. The Morgan fingerprint density at radius 1 is 1.04 bits per heavy atom. The summed E-state index contributed by atoms with van der Waals surface area (Å²) in [5, 5.41) is 8.65. The predicted octanol–water partition coefficient (Wildman–Crippen LogP) is 2.21. The third-order valence-electron chi connectivity index (χ3n) is 3.18. The van der Waals surface area contributed by atoms with Crippen LogP contribution in [0.25, 0.3) is 0 Å². The van der Waals surface area contributed by atoms with Gasteiger partial charge in [-0.1, -0.05) is 6.92 Å². The average Bonchev–Trinajstić information content (AvgIpc) is 2.47. The van der Waals surface area contributed by atoms with Crippen LogP contribution in [0.15, 0.2) is 24.3 Å². The van der Waals surface area contributed by atoms with E-state index in [9.17, 15) is 9.59 Å². The number of halogens is 2. The summed E-state index contributed by atoms with van der Waals surface area (Å²) in [6.07, 6.45) is 0.451. The molecular weight excluding hydrogens is 351 g/mol. The van der Waals surface area contributed by atoms with Crippen LogP contribution in [0.4, 0.5) is 11.4 Å². The lowest BCUT2D eigenvalue weighted by Crippen LogP contribution is -2.28. The number of hydrogen-bond donors (Lipinski definition) is 3. The smallest absolute Gasteiger partial charge is 0.228 e. The highest BCUT2D eigenvalue weighted by atomic mass is 35.5. The highest BCUT2D eigenvalue weighted by molar-refractivity contribution is 5.94. The van der Waals surface area contributed by atoms with Crippen molar-refractivity contribution < 1.29 is 9.59 Å². The number of nitrogens with one attached hydrogen (secondary N) is 3. The fourth-order valence-electron chi connectivity index (χ4n) is 1.85. The molecule has 0 radical (unpaired) electrons. The minimum Gasteiger partial charge on any atom is -0.326 e. The van der Waals surface area contributed by atoms with Crippen molar-refractivity contribution in [2.45, 2.75) is 13.3 Å². The summed E-state index contributed by atoms with van der Waals surface area (Å²) in [6, 6.07) is 7.13. The first-order valence-electron chi connectivity index (χ1n) is 7.42. The number of benzene rings is 1. The standard InChI is InChI=1S/C16H26N4O2.2ClH/c1-12(11-17-2)16(22)19-14-7-5-13(6-8-14)18-15(21)9-10-20(3)4;;/h5-8,12,17H,9-11H2,1-4H3,(H,18,21)(H,19,22);2*1H. The Labute approximate surface area is 156 Å². The van der Waals surface area contributed by atoms with E-state index in [4.69, 9.17) is 0 Å². The van der Waals surface area contributed by atoms with Crippen LogP contribution in [-0.2, 0) is 9.59 Å². The topological polar surface area (TPSA) is 73.5 Å². The Bertz CT molecular complexity index is 495. The molecule has 0 saturated heterocycles. The van der Waals surface area contributed by atoms with Gasteiger partial charge in [0.25, 0.3) is 0 Å². The first-order valence-corrected chi connectivity index (χ1v) is 7.42. The summed E-state index contributed by atoms with van der Waals surface area (Å²) in [6.45, 7) is 3.21. The third-order valence-corrected chi connectivity index (χ3v) is 3.18. The van der Waals surface area contributed by atoms with Gasteiger partial charge >= 0.3 is 0 Å². The zero-order valence-corrected chi connectivity index (χ0v) is 16.2. The second kappa shape index (κ2) is 13.0. The summed E-state index contributed by atoms with van der Waals surface area (Å²) in [5.41, 5.74) is 1.45. The molecular formula is C16H28Cl2N4O2. The number of anilines is 2. The van der Waals surface area contributed by atoms with E-state index >= 15 is 0 Å². The lowest BCUT2D eigenvalue weighted by molar-refractivity contribution is -0.119. The molecule has 1 aromatic rings. The molecule has 0 bridgehead atoms. The number of carbonyl (C=O) groups is 2. The van der Waals surface area contributed by atoms with Crippen LogP contribution < -0.4 is 16.0 Å². The van der Waals surface area contributed by atoms with Crippen LogP contribution >= 0.6 is 24.8 Å². The van der Waals surface area contributed by atoms with Crippen molar-refractivity contribution in [1.29, 1.82) is 0 Å². The Hall–Kier alpha value is -1.34. The Morgan fingerprint density at radius 3 is 2.00 bits per heavy atom. The highest BCUT2D eigenvalue weighted by Gasteiger charge is 2.11. The van der Waals surface area contributed by atoms with E-state index in [-0.39, 0.29) is 42.5 Å². The Kier molecular flexibility index (Phi) is 13.5. The molecule has 0 aliphatic rings. The summed E-state index contributed by atoms with van der Waals surface area (Å²) < 4.78 is 0. The molecule has 0 heterocycles. The second-order valence-electron chi connectivity index (χ2n) is 5.63. The van der Waals surface area contributed by atoms with Crippen molar-refractivity contribution in [1.82, 2.24) is 10.2 Å². The van der Waals surface area contributed by atoms with Crippen LogP contribution in [0, 0.1) is 5.92 Å². The zero-order chi connectivity index (χ0) is 16.5. The Morgan fingerprint density at radius 2 is 1.54 bits per heavy atom. The van der Waals surface area contributed by atoms with Crippen molar-refractivity contribution in [3.8, 4) is 0 Å². The highest BCUT2D eigenvalue weighted by Crippen LogP contribution is 2.14. The third kappa shape index (κ3) is 9.72. The van der Waals surface area contributed by atoms with E-state index in [1.54, 1.807) is 24.3 Å². The maximum atomic E-state index is 11.9. The summed E-state index contributed by atoms with van der Waals surface area (Å²) in [7, 11) is 5.68. The fraction of sp³-hybridized carbons (Fsp3) is 0.500. The molecule has 0 fully saturated rings. The van der Waals surface area contributed by atoms with Gasteiger partial charge in [-0.15, -0.1) is 24.8 Å². The summed E-state index contributed by atoms with van der Waals surface area (Å²) in [4.78, 5) is 25.6. The molecule has 3 N–H and O–H groups in total. The van der Waals surface area contributed by atoms with Gasteiger partial charge in [0.15, 0.2) is 0 Å². The predicted molar refractivity (Wildman–Crippen MR) is 104 cm³/mol. The maximum Gasteiger partial charge on any atom is 0.228 e. The number of rotatable bonds is 8. The van der Waals surface area contributed by atoms with E-state index in [2.05, 4.69) is 16.0 Å². The molecule has 0 spiro atoms. The van der Waals surface area contributed by atoms with Crippen LogP contribution in [-0.4, -0.2) is 50.9 Å². The molecule has 8 heteroatoms. The molecule has 138 valence electrons. The van der Waals surface area contributed by atoms with E-state index in [0.717, 1.165) is 11.4 Å². The van der Waals surface area contributed by atoms with Crippen molar-refractivity contribution in [2.24, 2.45) is 5.92 Å². The maximum absolute atomic E-state index is 11.9. The van der Waals surface area contributed by atoms with Gasteiger partial charge in [0.2, 0.25) is 11.8 Å². The van der Waals surface area contributed by atoms with Crippen LogP contribution in [0.5, 0.6) is 0 Å². The lowest BCUT2D eigenvalue weighted by Gasteiger charge is -2.12. The normalized spacial score (nSPS) is 11.0. The van der Waals surface area contributed by atoms with Gasteiger partial charge in [-0.3, -0.25) is 9.59 Å². The minimum atomic E-state index is -0.101. The van der Waals surface area contributed by atoms with Crippen molar-refractivity contribution in [3.63, 3.8) is 0 Å². The first-order chi connectivity index (χ1) is 10.4. The molecule has 0 aromatic heterocycles. The second-order valence-corrected chi connectivity index (χ2v) is 5.63. The van der Waals surface area contributed by atoms with Gasteiger partial charge in [-0.05, 0) is 45.4 Å². The number of nitrogens with zero attached hydrogens (tertiary/aromatic N) is 1. The van der Waals surface area contributed by atoms with Crippen molar-refractivity contribution in [2.75, 3.05) is 44.9 Å². The van der Waals surface area contributed by atoms with Gasteiger partial charge in [-0.25, -0.2) is 0 Å². The molecule has 1 aromatic carbocycles. The Balaban J connectivity index is 0. The first kappa shape index (κ1) is 24.9. The van der Waals surface area contributed by atoms with Crippen molar-refractivity contribution in [3.05, 3.63) is 24.3 Å². The number of carbonyl (C=O) groups excluding carboxylic acids is 2. The fourth-order valence-corrected chi connectivity index (χ4v) is 1.85. The summed E-state index contributed by atoms with van der Waals surface area (Å²) in [5.74, 6) is -0.152. The molecule has 24 heavy (non-hydrogen) atoms. The van der Waals surface area contributed by atoms with Crippen LogP contribution in [0.2, 0.25) is 0 Å². The molecule has 1 atom stereocenters. The minimum absolute atomic E-state index is 0. The summed E-state index contributed by atoms with van der Waals surface area (Å²) >= 11 is 0. The van der Waals surface area contributed by atoms with Gasteiger partial charge in [0.05, 0.1) is 0 Å². The van der Waals surface area contributed by atoms with Crippen molar-refractivity contribution >= 4 is 48.0 Å². The number of hydrogen-bond acceptors (Lipinski definition) is 4. The molecule has 0 aliphatic carbocycles. The molecule has 2 amide bonds. The largest absolute Gasteiger partial charge is 0.326 e. The monoisotopic (exact) mass is 378 g/mol. The molecule has 1 unspecified atom stereocenters. The molecule has 0 saturated carbocycles. The molecule has 6 nitrogen and oxygen atoms in total. The van der Waals surface area contributed by atoms with Gasteiger partial charge in [-0.2, -0.15) is 0 Å². The van der Waals surface area contributed by atoms with E-state index in [0.29, 0.717) is 19.5 Å². The van der Waals surface area contributed by atoms with Crippen LogP contribution in [0.1, 0.15) is 13.3 Å². The van der Waals surface area contributed by atoms with Gasteiger partial charge < -0.3 is 20.9 Å². The zero-order valence-electron chi connectivity index (χ0n) is 14.6. The average molecular weight is 379 g/mol. The van der Waals surface area contributed by atoms with E-state index in [1.165, 1.54) is 0 Å². The number of amides is 2. The van der Waals surface area contributed by atoms with Gasteiger partial charge in [0.1, 0.15) is 0 Å². The molecule has 0 aliphatic heterocycles. The van der Waals surface area contributed by atoms with E-state index < -0.39 is 0 Å². The van der Waals surface area contributed by atoms with Gasteiger partial charge in [0, 0.05) is 36.8 Å². The van der Waals surface area contributed by atoms with Crippen LogP contribution in [0.3, 0.4) is 0 Å². The molecule has 1 rings (SSSR count).